The van der Waals surface area contributed by atoms with Gasteiger partial charge in [0.1, 0.15) is 0 Å². The van der Waals surface area contributed by atoms with Crippen LogP contribution in [0.3, 0.4) is 0 Å². The van der Waals surface area contributed by atoms with Gasteiger partial charge >= 0.3 is 0 Å². The summed E-state index contributed by atoms with van der Waals surface area (Å²) < 4.78 is 0. The second-order valence-corrected chi connectivity index (χ2v) is 6.00. The first-order chi connectivity index (χ1) is 8.45. The van der Waals surface area contributed by atoms with Crippen molar-refractivity contribution in [2.75, 3.05) is 27.7 Å². The summed E-state index contributed by atoms with van der Waals surface area (Å²) in [6.45, 7) is 7.61. The quantitative estimate of drug-likeness (QED) is 0.420. The normalized spacial score (nSPS) is 19.1. The van der Waals surface area contributed by atoms with Gasteiger partial charge in [-0.1, -0.05) is 13.8 Å². The third kappa shape index (κ3) is 6.79. The van der Waals surface area contributed by atoms with Gasteiger partial charge in [0.2, 0.25) is 0 Å². The molecule has 1 rings (SSSR count). The van der Waals surface area contributed by atoms with E-state index in [1.54, 1.807) is 0 Å². The number of guanidine groups is 1. The van der Waals surface area contributed by atoms with E-state index >= 15 is 0 Å². The Morgan fingerprint density at radius 1 is 1.26 bits per heavy atom. The van der Waals surface area contributed by atoms with Crippen LogP contribution in [0.1, 0.15) is 33.6 Å². The molecule has 1 saturated carbocycles. The lowest BCUT2D eigenvalue weighted by Gasteiger charge is -2.27. The fourth-order valence-electron chi connectivity index (χ4n) is 2.03. The average molecular weight is 382 g/mol. The van der Waals surface area contributed by atoms with Gasteiger partial charge in [-0.25, -0.2) is 0 Å². The zero-order valence-corrected chi connectivity index (χ0v) is 15.6. The Hall–Kier alpha value is -0.0400. The van der Waals surface area contributed by atoms with E-state index < -0.39 is 0 Å². The first kappa shape index (κ1) is 19.0. The van der Waals surface area contributed by atoms with Crippen molar-refractivity contribution in [2.45, 2.75) is 45.7 Å². The van der Waals surface area contributed by atoms with Crippen molar-refractivity contribution in [2.24, 2.45) is 16.8 Å². The average Bonchev–Trinajstić information content (AvgIpc) is 3.11. The molecule has 0 radical (unpaired) electrons. The minimum atomic E-state index is 0. The Kier molecular flexibility index (Phi) is 8.98. The molecule has 0 aromatic rings. The summed E-state index contributed by atoms with van der Waals surface area (Å²) in [6.07, 6.45) is 2.75. The predicted molar refractivity (Wildman–Crippen MR) is 94.4 cm³/mol. The van der Waals surface area contributed by atoms with Crippen LogP contribution in [0.15, 0.2) is 4.99 Å². The van der Waals surface area contributed by atoms with Crippen molar-refractivity contribution in [3.05, 3.63) is 0 Å². The van der Waals surface area contributed by atoms with Crippen molar-refractivity contribution < 1.29 is 0 Å². The number of rotatable bonds is 6. The Morgan fingerprint density at radius 3 is 2.21 bits per heavy atom. The van der Waals surface area contributed by atoms with E-state index in [-0.39, 0.29) is 24.0 Å². The van der Waals surface area contributed by atoms with E-state index in [1.165, 1.54) is 12.8 Å². The molecule has 1 aliphatic rings. The Morgan fingerprint density at radius 2 is 1.84 bits per heavy atom. The molecule has 2 atom stereocenters. The third-order valence-electron chi connectivity index (χ3n) is 3.90. The van der Waals surface area contributed by atoms with Gasteiger partial charge in [0, 0.05) is 25.7 Å². The van der Waals surface area contributed by atoms with E-state index in [9.17, 15) is 0 Å². The van der Waals surface area contributed by atoms with Crippen LogP contribution >= 0.6 is 24.0 Å². The van der Waals surface area contributed by atoms with E-state index in [0.717, 1.165) is 18.4 Å². The van der Waals surface area contributed by atoms with Crippen LogP contribution in [0, 0.1) is 11.8 Å². The second kappa shape index (κ2) is 9.00. The number of halogens is 1. The molecule has 0 aromatic carbocycles. The third-order valence-corrected chi connectivity index (χ3v) is 3.90. The largest absolute Gasteiger partial charge is 0.355 e. The lowest BCUT2D eigenvalue weighted by Crippen LogP contribution is -2.49. The number of likely N-dealkylation sites (N-methyl/N-ethyl adjacent to an activating group) is 1. The molecule has 0 aromatic heterocycles. The van der Waals surface area contributed by atoms with Gasteiger partial charge in [0.25, 0.3) is 0 Å². The van der Waals surface area contributed by atoms with Crippen molar-refractivity contribution in [3.8, 4) is 0 Å². The van der Waals surface area contributed by atoms with Gasteiger partial charge in [-0.15, -0.1) is 24.0 Å². The summed E-state index contributed by atoms with van der Waals surface area (Å²) in [4.78, 5) is 6.62. The van der Waals surface area contributed by atoms with Crippen molar-refractivity contribution >= 4 is 29.9 Å². The number of nitrogens with zero attached hydrogens (tertiary/aromatic N) is 2. The van der Waals surface area contributed by atoms with E-state index in [0.29, 0.717) is 18.0 Å². The number of nitrogens with one attached hydrogen (secondary N) is 2. The van der Waals surface area contributed by atoms with Crippen molar-refractivity contribution in [3.63, 3.8) is 0 Å². The number of hydrogen-bond donors (Lipinski definition) is 2. The molecule has 5 heteroatoms. The SMILES string of the molecule is CN=C(NCC(C1CC1)N(C)C)NC(C)C(C)C.I. The van der Waals surface area contributed by atoms with Crippen molar-refractivity contribution in [1.29, 1.82) is 0 Å². The number of hydrogen-bond acceptors (Lipinski definition) is 2. The highest BCUT2D eigenvalue weighted by molar-refractivity contribution is 14.0. The first-order valence-corrected chi connectivity index (χ1v) is 7.09. The fourth-order valence-corrected chi connectivity index (χ4v) is 2.03. The standard InChI is InChI=1S/C14H30N4.HI/c1-10(2)11(3)17-14(15-4)16-9-13(18(5)6)12-7-8-12;/h10-13H,7-9H2,1-6H3,(H2,15,16,17);1H. The van der Waals surface area contributed by atoms with Gasteiger partial charge in [-0.2, -0.15) is 0 Å². The minimum absolute atomic E-state index is 0. The summed E-state index contributed by atoms with van der Waals surface area (Å²) >= 11 is 0. The smallest absolute Gasteiger partial charge is 0.191 e. The molecule has 0 aliphatic heterocycles. The fraction of sp³-hybridized carbons (Fsp3) is 0.929. The molecule has 1 fully saturated rings. The zero-order valence-electron chi connectivity index (χ0n) is 13.2. The Bertz CT molecular complexity index is 273. The summed E-state index contributed by atoms with van der Waals surface area (Å²) in [5.41, 5.74) is 0. The molecule has 4 nitrogen and oxygen atoms in total. The molecule has 1 aliphatic carbocycles. The highest BCUT2D eigenvalue weighted by Crippen LogP contribution is 2.34. The molecule has 0 amide bonds. The van der Waals surface area contributed by atoms with Gasteiger partial charge in [-0.05, 0) is 45.7 Å². The topological polar surface area (TPSA) is 39.7 Å². The predicted octanol–water partition coefficient (Wildman–Crippen LogP) is 2.15. The van der Waals surface area contributed by atoms with E-state index in [2.05, 4.69) is 55.4 Å². The first-order valence-electron chi connectivity index (χ1n) is 7.09. The molecular weight excluding hydrogens is 351 g/mol. The second-order valence-electron chi connectivity index (χ2n) is 6.00. The maximum atomic E-state index is 4.30. The van der Waals surface area contributed by atoms with Crippen LogP contribution < -0.4 is 10.6 Å². The van der Waals surface area contributed by atoms with Crippen LogP contribution in [0.2, 0.25) is 0 Å². The zero-order chi connectivity index (χ0) is 13.7. The molecule has 2 unspecified atom stereocenters. The summed E-state index contributed by atoms with van der Waals surface area (Å²) in [7, 11) is 6.17. The number of aliphatic imine (C=N–C) groups is 1. The minimum Gasteiger partial charge on any atom is -0.355 e. The van der Waals surface area contributed by atoms with Crippen LogP contribution in [0.4, 0.5) is 0 Å². The van der Waals surface area contributed by atoms with Crippen LogP contribution in [-0.2, 0) is 0 Å². The van der Waals surface area contributed by atoms with Gasteiger partial charge in [0.05, 0.1) is 0 Å². The van der Waals surface area contributed by atoms with E-state index in [4.69, 9.17) is 0 Å². The molecular formula is C14H31IN4. The highest BCUT2D eigenvalue weighted by atomic mass is 127. The van der Waals surface area contributed by atoms with Crippen molar-refractivity contribution in [1.82, 2.24) is 15.5 Å². The monoisotopic (exact) mass is 382 g/mol. The molecule has 0 saturated heterocycles. The van der Waals surface area contributed by atoms with E-state index in [1.807, 2.05) is 7.05 Å². The van der Waals surface area contributed by atoms with Crippen LogP contribution in [0.5, 0.6) is 0 Å². The Labute approximate surface area is 135 Å². The molecule has 2 N–H and O–H groups in total. The molecule has 114 valence electrons. The molecule has 19 heavy (non-hydrogen) atoms. The molecule has 0 spiro atoms. The van der Waals surface area contributed by atoms with Crippen LogP contribution in [-0.4, -0.2) is 50.6 Å². The van der Waals surface area contributed by atoms with Gasteiger partial charge in [-0.3, -0.25) is 4.99 Å². The molecule has 0 heterocycles. The van der Waals surface area contributed by atoms with Gasteiger partial charge < -0.3 is 15.5 Å². The lowest BCUT2D eigenvalue weighted by atomic mass is 10.1. The summed E-state index contributed by atoms with van der Waals surface area (Å²) in [5.74, 6) is 2.40. The summed E-state index contributed by atoms with van der Waals surface area (Å²) in [5, 5.41) is 6.90. The van der Waals surface area contributed by atoms with Gasteiger partial charge in [0.15, 0.2) is 5.96 Å². The lowest BCUT2D eigenvalue weighted by molar-refractivity contribution is 0.263. The van der Waals surface area contributed by atoms with Crippen LogP contribution in [0.25, 0.3) is 0 Å². The highest BCUT2D eigenvalue weighted by Gasteiger charge is 2.32. The summed E-state index contributed by atoms with van der Waals surface area (Å²) in [6, 6.07) is 1.06. The Balaban J connectivity index is 0.00000324. The molecule has 0 bridgehead atoms. The maximum Gasteiger partial charge on any atom is 0.191 e. The maximum absolute atomic E-state index is 4.30.